The van der Waals surface area contributed by atoms with Crippen LogP contribution in [0.15, 0.2) is 18.5 Å². The number of aromatic nitrogens is 2. The van der Waals surface area contributed by atoms with Crippen LogP contribution in [-0.4, -0.2) is 42.3 Å². The quantitative estimate of drug-likeness (QED) is 0.819. The molecule has 0 atom stereocenters. The van der Waals surface area contributed by atoms with E-state index < -0.39 is 0 Å². The first kappa shape index (κ1) is 11.2. The third-order valence-corrected chi connectivity index (χ3v) is 3.01. The van der Waals surface area contributed by atoms with E-state index in [1.807, 2.05) is 12.1 Å². The SMILES string of the molecule is CN(C)CCc1ncnc2cc3c(cc12)OCO3. The number of hydrogen-bond donors (Lipinski definition) is 0. The van der Waals surface area contributed by atoms with E-state index in [-0.39, 0.29) is 6.79 Å². The van der Waals surface area contributed by atoms with Crippen LogP contribution < -0.4 is 9.47 Å². The Bertz CT molecular complexity index is 584. The zero-order chi connectivity index (χ0) is 12.5. The highest BCUT2D eigenvalue weighted by molar-refractivity contribution is 5.84. The molecule has 0 N–H and O–H groups in total. The molecule has 2 aromatic rings. The second-order valence-electron chi connectivity index (χ2n) is 4.60. The lowest BCUT2D eigenvalue weighted by atomic mass is 10.1. The molecule has 1 aromatic carbocycles. The third-order valence-electron chi connectivity index (χ3n) is 3.01. The number of benzene rings is 1. The molecule has 2 heterocycles. The van der Waals surface area contributed by atoms with Crippen LogP contribution in [0.3, 0.4) is 0 Å². The van der Waals surface area contributed by atoms with Gasteiger partial charge in [0.1, 0.15) is 6.33 Å². The number of ether oxygens (including phenoxy) is 2. The lowest BCUT2D eigenvalue weighted by Gasteiger charge is -2.10. The highest BCUT2D eigenvalue weighted by Gasteiger charge is 2.16. The van der Waals surface area contributed by atoms with Gasteiger partial charge in [-0.3, -0.25) is 0 Å². The van der Waals surface area contributed by atoms with Gasteiger partial charge in [0, 0.05) is 24.4 Å². The first-order valence-electron chi connectivity index (χ1n) is 5.92. The molecule has 1 aromatic heterocycles. The van der Waals surface area contributed by atoms with Crippen LogP contribution in [0.1, 0.15) is 5.69 Å². The topological polar surface area (TPSA) is 47.5 Å². The van der Waals surface area contributed by atoms with Crippen molar-refractivity contribution in [1.82, 2.24) is 14.9 Å². The summed E-state index contributed by atoms with van der Waals surface area (Å²) in [6.45, 7) is 1.24. The van der Waals surface area contributed by atoms with Gasteiger partial charge in [0.2, 0.25) is 6.79 Å². The first-order chi connectivity index (χ1) is 8.74. The van der Waals surface area contributed by atoms with Crippen LogP contribution in [0.4, 0.5) is 0 Å². The molecule has 18 heavy (non-hydrogen) atoms. The standard InChI is InChI=1S/C13H15N3O2/c1-16(2)4-3-10-9-5-12-13(18-8-17-12)6-11(9)15-7-14-10/h5-7H,3-4,8H2,1-2H3. The molecule has 1 aliphatic rings. The van der Waals surface area contributed by atoms with E-state index in [1.54, 1.807) is 6.33 Å². The second-order valence-corrected chi connectivity index (χ2v) is 4.60. The Morgan fingerprint density at radius 2 is 1.94 bits per heavy atom. The maximum atomic E-state index is 5.40. The van der Waals surface area contributed by atoms with E-state index in [4.69, 9.17) is 9.47 Å². The summed E-state index contributed by atoms with van der Waals surface area (Å²) in [5.74, 6) is 1.54. The Morgan fingerprint density at radius 3 is 2.72 bits per heavy atom. The van der Waals surface area contributed by atoms with E-state index in [0.29, 0.717) is 0 Å². The molecule has 0 radical (unpaired) electrons. The number of likely N-dealkylation sites (N-methyl/N-ethyl adjacent to an activating group) is 1. The lowest BCUT2D eigenvalue weighted by molar-refractivity contribution is 0.174. The van der Waals surface area contributed by atoms with Crippen molar-refractivity contribution in [3.63, 3.8) is 0 Å². The molecule has 0 spiro atoms. The molecular formula is C13H15N3O2. The molecular weight excluding hydrogens is 230 g/mol. The van der Waals surface area contributed by atoms with Crippen molar-refractivity contribution in [1.29, 1.82) is 0 Å². The highest BCUT2D eigenvalue weighted by Crippen LogP contribution is 2.35. The van der Waals surface area contributed by atoms with E-state index in [1.165, 1.54) is 0 Å². The fourth-order valence-corrected chi connectivity index (χ4v) is 2.03. The molecule has 0 bridgehead atoms. The number of rotatable bonds is 3. The predicted octanol–water partition coefficient (Wildman–Crippen LogP) is 1.46. The van der Waals surface area contributed by atoms with Gasteiger partial charge in [-0.2, -0.15) is 0 Å². The summed E-state index contributed by atoms with van der Waals surface area (Å²) in [5.41, 5.74) is 1.95. The van der Waals surface area contributed by atoms with Crippen LogP contribution in [0.25, 0.3) is 10.9 Å². The van der Waals surface area contributed by atoms with Gasteiger partial charge in [-0.25, -0.2) is 9.97 Å². The van der Waals surface area contributed by atoms with Crippen LogP contribution in [0.5, 0.6) is 11.5 Å². The molecule has 0 fully saturated rings. The van der Waals surface area contributed by atoms with Crippen molar-refractivity contribution in [2.45, 2.75) is 6.42 Å². The lowest BCUT2D eigenvalue weighted by Crippen LogP contribution is -2.15. The van der Waals surface area contributed by atoms with Crippen molar-refractivity contribution < 1.29 is 9.47 Å². The smallest absolute Gasteiger partial charge is 0.231 e. The molecule has 0 saturated carbocycles. The number of hydrogen-bond acceptors (Lipinski definition) is 5. The summed E-state index contributed by atoms with van der Waals surface area (Å²) in [7, 11) is 4.11. The molecule has 3 rings (SSSR count). The Kier molecular flexibility index (Phi) is 2.76. The highest BCUT2D eigenvalue weighted by atomic mass is 16.7. The van der Waals surface area contributed by atoms with Crippen molar-refractivity contribution >= 4 is 10.9 Å². The predicted molar refractivity (Wildman–Crippen MR) is 67.9 cm³/mol. The normalized spacial score (nSPS) is 13.5. The maximum Gasteiger partial charge on any atom is 0.231 e. The van der Waals surface area contributed by atoms with Gasteiger partial charge >= 0.3 is 0 Å². The number of nitrogens with zero attached hydrogens (tertiary/aromatic N) is 3. The van der Waals surface area contributed by atoms with E-state index >= 15 is 0 Å². The molecule has 0 unspecified atom stereocenters. The van der Waals surface area contributed by atoms with E-state index in [9.17, 15) is 0 Å². The largest absolute Gasteiger partial charge is 0.454 e. The summed E-state index contributed by atoms with van der Waals surface area (Å²) in [6.07, 6.45) is 2.50. The van der Waals surface area contributed by atoms with Gasteiger partial charge in [-0.1, -0.05) is 0 Å². The molecule has 0 saturated heterocycles. The molecule has 5 heteroatoms. The van der Waals surface area contributed by atoms with Crippen LogP contribution in [0.2, 0.25) is 0 Å². The van der Waals surface area contributed by atoms with Gasteiger partial charge in [-0.15, -0.1) is 0 Å². The Morgan fingerprint density at radius 1 is 1.17 bits per heavy atom. The van der Waals surface area contributed by atoms with Gasteiger partial charge in [0.05, 0.1) is 11.2 Å². The average Bonchev–Trinajstić information content (AvgIpc) is 2.80. The van der Waals surface area contributed by atoms with Gasteiger partial charge in [0.15, 0.2) is 11.5 Å². The fraction of sp³-hybridized carbons (Fsp3) is 0.385. The molecule has 0 aliphatic carbocycles. The molecule has 1 aliphatic heterocycles. The van der Waals surface area contributed by atoms with Crippen molar-refractivity contribution in [3.8, 4) is 11.5 Å². The van der Waals surface area contributed by atoms with Gasteiger partial charge < -0.3 is 14.4 Å². The summed E-state index contributed by atoms with van der Waals surface area (Å²) >= 11 is 0. The second kappa shape index (κ2) is 4.42. The zero-order valence-corrected chi connectivity index (χ0v) is 10.5. The molecule has 5 nitrogen and oxygen atoms in total. The van der Waals surface area contributed by atoms with Gasteiger partial charge in [0.25, 0.3) is 0 Å². The summed E-state index contributed by atoms with van der Waals surface area (Å²) in [6, 6.07) is 3.89. The minimum atomic E-state index is 0.284. The summed E-state index contributed by atoms with van der Waals surface area (Å²) < 4.78 is 10.8. The fourth-order valence-electron chi connectivity index (χ4n) is 2.03. The minimum Gasteiger partial charge on any atom is -0.454 e. The monoisotopic (exact) mass is 245 g/mol. The van der Waals surface area contributed by atoms with Crippen molar-refractivity contribution in [2.24, 2.45) is 0 Å². The van der Waals surface area contributed by atoms with Crippen LogP contribution in [-0.2, 0) is 6.42 Å². The number of fused-ring (bicyclic) bond motifs is 2. The Hall–Kier alpha value is -1.88. The molecule has 0 amide bonds. The van der Waals surface area contributed by atoms with E-state index in [2.05, 4.69) is 29.0 Å². The zero-order valence-electron chi connectivity index (χ0n) is 10.5. The first-order valence-corrected chi connectivity index (χ1v) is 5.92. The minimum absolute atomic E-state index is 0.284. The van der Waals surface area contributed by atoms with Crippen LogP contribution >= 0.6 is 0 Å². The molecule has 94 valence electrons. The average molecular weight is 245 g/mol. The summed E-state index contributed by atoms with van der Waals surface area (Å²) in [5, 5.41) is 1.05. The van der Waals surface area contributed by atoms with Gasteiger partial charge in [-0.05, 0) is 20.2 Å². The van der Waals surface area contributed by atoms with E-state index in [0.717, 1.165) is 41.1 Å². The third kappa shape index (κ3) is 1.97. The Balaban J connectivity index is 2.04. The summed E-state index contributed by atoms with van der Waals surface area (Å²) in [4.78, 5) is 10.8. The maximum absolute atomic E-state index is 5.40. The van der Waals surface area contributed by atoms with Crippen LogP contribution in [0, 0.1) is 0 Å². The Labute approximate surface area is 105 Å². The van der Waals surface area contributed by atoms with Crippen molar-refractivity contribution in [2.75, 3.05) is 27.4 Å². The van der Waals surface area contributed by atoms with Crippen molar-refractivity contribution in [3.05, 3.63) is 24.2 Å².